The van der Waals surface area contributed by atoms with Crippen LogP contribution in [0.15, 0.2) is 24.4 Å². The van der Waals surface area contributed by atoms with Gasteiger partial charge < -0.3 is 5.32 Å². The number of aromatic nitrogens is 3. The minimum absolute atomic E-state index is 0.713. The molecule has 3 aliphatic rings. The molecule has 2 heterocycles. The largest absolute Gasteiger partial charge is 0.307 e. The highest BCUT2D eigenvalue weighted by atomic mass is 15.3. The average Bonchev–Trinajstić information content (AvgIpc) is 3.25. The van der Waals surface area contributed by atoms with Crippen molar-refractivity contribution in [2.45, 2.75) is 44.7 Å². The van der Waals surface area contributed by atoms with Gasteiger partial charge in [-0.25, -0.2) is 0 Å². The Morgan fingerprint density at radius 3 is 3.05 bits per heavy atom. The van der Waals surface area contributed by atoms with Crippen LogP contribution in [0.4, 0.5) is 0 Å². The van der Waals surface area contributed by atoms with Crippen molar-refractivity contribution < 1.29 is 0 Å². The molecule has 4 heteroatoms. The van der Waals surface area contributed by atoms with Gasteiger partial charge >= 0.3 is 0 Å². The topological polar surface area (TPSA) is 42.2 Å². The molecule has 0 aromatic carbocycles. The van der Waals surface area contributed by atoms with Crippen LogP contribution < -0.4 is 5.32 Å². The average molecular weight is 282 g/mol. The number of nitrogens with one attached hydrogen (secondary N) is 1. The summed E-state index contributed by atoms with van der Waals surface area (Å²) < 4.78 is 2.10. The Morgan fingerprint density at radius 1 is 1.10 bits per heavy atom. The SMILES string of the molecule is c1ccn2c(CN[C@H]3C[C@H]4C[C@@H]3[C@H]3CCC[C@H]43)nnc2c1. The van der Waals surface area contributed by atoms with Crippen LogP contribution in [0.2, 0.25) is 0 Å². The fraction of sp³-hybridized carbons (Fsp3) is 0.647. The molecule has 0 amide bonds. The summed E-state index contributed by atoms with van der Waals surface area (Å²) in [6, 6.07) is 6.78. The van der Waals surface area contributed by atoms with E-state index in [2.05, 4.69) is 26.1 Å². The molecule has 5 rings (SSSR count). The zero-order chi connectivity index (χ0) is 13.8. The Bertz CT molecular complexity index is 664. The van der Waals surface area contributed by atoms with Gasteiger partial charge in [0.2, 0.25) is 0 Å². The second kappa shape index (κ2) is 4.54. The normalized spacial score (nSPS) is 37.4. The molecule has 0 aliphatic heterocycles. The predicted molar refractivity (Wildman–Crippen MR) is 80.7 cm³/mol. The van der Waals surface area contributed by atoms with E-state index in [-0.39, 0.29) is 0 Å². The van der Waals surface area contributed by atoms with Crippen LogP contribution in [0, 0.1) is 23.7 Å². The first-order valence-electron chi connectivity index (χ1n) is 8.42. The summed E-state index contributed by atoms with van der Waals surface area (Å²) in [5.41, 5.74) is 0.943. The molecular formula is C17H22N4. The number of rotatable bonds is 3. The fourth-order valence-corrected chi connectivity index (χ4v) is 5.54. The molecule has 3 saturated carbocycles. The molecule has 0 spiro atoms. The van der Waals surface area contributed by atoms with Crippen molar-refractivity contribution in [2.24, 2.45) is 23.7 Å². The van der Waals surface area contributed by atoms with E-state index in [1.807, 2.05) is 18.2 Å². The molecule has 21 heavy (non-hydrogen) atoms. The summed E-state index contributed by atoms with van der Waals surface area (Å²) in [6.45, 7) is 0.844. The van der Waals surface area contributed by atoms with Crippen LogP contribution in [0.1, 0.15) is 37.9 Å². The van der Waals surface area contributed by atoms with Crippen LogP contribution in [-0.2, 0) is 6.54 Å². The summed E-state index contributed by atoms with van der Waals surface area (Å²) >= 11 is 0. The molecule has 3 fully saturated rings. The van der Waals surface area contributed by atoms with E-state index in [4.69, 9.17) is 0 Å². The number of nitrogens with zero attached hydrogens (tertiary/aromatic N) is 3. The Hall–Kier alpha value is -1.42. The van der Waals surface area contributed by atoms with Crippen LogP contribution in [0.5, 0.6) is 0 Å². The molecule has 0 saturated heterocycles. The molecule has 3 aliphatic carbocycles. The highest BCUT2D eigenvalue weighted by Crippen LogP contribution is 2.58. The Morgan fingerprint density at radius 2 is 2.05 bits per heavy atom. The van der Waals surface area contributed by atoms with E-state index in [1.54, 1.807) is 0 Å². The standard InChI is InChI=1S/C17H22N4/c1-2-7-21-16(6-1)19-20-17(21)10-18-15-9-11-8-14(15)13-5-3-4-12(11)13/h1-2,6-7,11-15,18H,3-5,8-10H2/t11-,12-,13+,14-,15+/m1/s1. The Labute approximate surface area is 125 Å². The summed E-state index contributed by atoms with van der Waals surface area (Å²) in [5, 5.41) is 12.4. The van der Waals surface area contributed by atoms with E-state index in [0.717, 1.165) is 41.7 Å². The van der Waals surface area contributed by atoms with Gasteiger partial charge in [-0.1, -0.05) is 12.5 Å². The van der Waals surface area contributed by atoms with Gasteiger partial charge in [0.05, 0.1) is 6.54 Å². The Kier molecular flexibility index (Phi) is 2.63. The molecule has 110 valence electrons. The lowest BCUT2D eigenvalue weighted by Crippen LogP contribution is -2.39. The predicted octanol–water partition coefficient (Wildman–Crippen LogP) is 2.64. The van der Waals surface area contributed by atoms with E-state index in [0.29, 0.717) is 6.04 Å². The maximum atomic E-state index is 4.34. The summed E-state index contributed by atoms with van der Waals surface area (Å²) in [5.74, 6) is 5.08. The number of hydrogen-bond acceptors (Lipinski definition) is 3. The van der Waals surface area contributed by atoms with Crippen molar-refractivity contribution in [3.63, 3.8) is 0 Å². The zero-order valence-corrected chi connectivity index (χ0v) is 12.3. The lowest BCUT2D eigenvalue weighted by atomic mass is 9.79. The molecule has 2 aromatic heterocycles. The highest BCUT2D eigenvalue weighted by Gasteiger charge is 2.53. The number of fused-ring (bicyclic) bond motifs is 6. The van der Waals surface area contributed by atoms with Crippen molar-refractivity contribution in [3.8, 4) is 0 Å². The minimum Gasteiger partial charge on any atom is -0.307 e. The molecule has 1 N–H and O–H groups in total. The third-order valence-electron chi connectivity index (χ3n) is 6.34. The molecule has 4 nitrogen and oxygen atoms in total. The van der Waals surface area contributed by atoms with Crippen molar-refractivity contribution >= 4 is 5.65 Å². The first kappa shape index (κ1) is 12.2. The maximum absolute atomic E-state index is 4.34. The lowest BCUT2D eigenvalue weighted by molar-refractivity contribution is 0.207. The summed E-state index contributed by atoms with van der Waals surface area (Å²) in [4.78, 5) is 0. The zero-order valence-electron chi connectivity index (χ0n) is 12.3. The van der Waals surface area contributed by atoms with Crippen LogP contribution >= 0.6 is 0 Å². The van der Waals surface area contributed by atoms with Crippen LogP contribution in [0.3, 0.4) is 0 Å². The second-order valence-electron chi connectivity index (χ2n) is 7.19. The molecule has 2 bridgehead atoms. The molecule has 0 unspecified atom stereocenters. The van der Waals surface area contributed by atoms with Crippen LogP contribution in [-0.4, -0.2) is 20.6 Å². The fourth-order valence-electron chi connectivity index (χ4n) is 5.54. The third kappa shape index (κ3) is 1.78. The van der Waals surface area contributed by atoms with Gasteiger partial charge in [-0.2, -0.15) is 0 Å². The van der Waals surface area contributed by atoms with Crippen molar-refractivity contribution in [1.82, 2.24) is 19.9 Å². The Balaban J connectivity index is 1.31. The maximum Gasteiger partial charge on any atom is 0.160 e. The smallest absolute Gasteiger partial charge is 0.160 e. The van der Waals surface area contributed by atoms with E-state index >= 15 is 0 Å². The van der Waals surface area contributed by atoms with Gasteiger partial charge in [0.15, 0.2) is 11.5 Å². The molecular weight excluding hydrogens is 260 g/mol. The van der Waals surface area contributed by atoms with Gasteiger partial charge in [0, 0.05) is 12.2 Å². The monoisotopic (exact) mass is 282 g/mol. The summed E-state index contributed by atoms with van der Waals surface area (Å²) in [7, 11) is 0. The molecule has 0 radical (unpaired) electrons. The minimum atomic E-state index is 0.713. The molecule has 5 atom stereocenters. The van der Waals surface area contributed by atoms with Gasteiger partial charge in [-0.15, -0.1) is 10.2 Å². The first-order valence-corrected chi connectivity index (χ1v) is 8.42. The number of pyridine rings is 1. The third-order valence-corrected chi connectivity index (χ3v) is 6.34. The van der Waals surface area contributed by atoms with E-state index in [9.17, 15) is 0 Å². The first-order chi connectivity index (χ1) is 10.4. The van der Waals surface area contributed by atoms with Gasteiger partial charge in [-0.05, 0) is 61.5 Å². The second-order valence-corrected chi connectivity index (χ2v) is 7.19. The lowest BCUT2D eigenvalue weighted by Gasteiger charge is -2.32. The van der Waals surface area contributed by atoms with Gasteiger partial charge in [-0.3, -0.25) is 4.40 Å². The van der Waals surface area contributed by atoms with Crippen molar-refractivity contribution in [1.29, 1.82) is 0 Å². The van der Waals surface area contributed by atoms with Gasteiger partial charge in [0.25, 0.3) is 0 Å². The summed E-state index contributed by atoms with van der Waals surface area (Å²) in [6.07, 6.45) is 9.39. The number of hydrogen-bond donors (Lipinski definition) is 1. The van der Waals surface area contributed by atoms with E-state index in [1.165, 1.54) is 32.1 Å². The van der Waals surface area contributed by atoms with Crippen molar-refractivity contribution in [3.05, 3.63) is 30.2 Å². The van der Waals surface area contributed by atoms with Crippen molar-refractivity contribution in [2.75, 3.05) is 0 Å². The molecule has 2 aromatic rings. The van der Waals surface area contributed by atoms with E-state index < -0.39 is 0 Å². The van der Waals surface area contributed by atoms with Crippen LogP contribution in [0.25, 0.3) is 5.65 Å². The highest BCUT2D eigenvalue weighted by molar-refractivity contribution is 5.36. The van der Waals surface area contributed by atoms with Gasteiger partial charge in [0.1, 0.15) is 0 Å². The quantitative estimate of drug-likeness (QED) is 0.941.